The lowest BCUT2D eigenvalue weighted by Crippen LogP contribution is -2.22. The van der Waals surface area contributed by atoms with Crippen molar-refractivity contribution in [3.8, 4) is 0 Å². The molecule has 14 bridgehead atoms. The van der Waals surface area contributed by atoms with E-state index in [1.807, 2.05) is 0 Å². The minimum absolute atomic E-state index is 0.869. The summed E-state index contributed by atoms with van der Waals surface area (Å²) >= 11 is 0. The molecule has 16 aliphatic rings. The smallest absolute Gasteiger partial charge is 0.0169 e. The maximum absolute atomic E-state index is 3.90. The lowest BCUT2D eigenvalue weighted by Gasteiger charge is -2.28. The van der Waals surface area contributed by atoms with E-state index in [2.05, 4.69) is 124 Å². The molecule has 0 aliphatic heterocycles. The van der Waals surface area contributed by atoms with Crippen molar-refractivity contribution in [1.29, 1.82) is 0 Å². The summed E-state index contributed by atoms with van der Waals surface area (Å²) in [5, 5.41) is 0. The highest BCUT2D eigenvalue weighted by Gasteiger charge is 2.52. The first kappa shape index (κ1) is 51.9. The van der Waals surface area contributed by atoms with Gasteiger partial charge >= 0.3 is 0 Å². The number of allylic oxidation sites excluding steroid dienone is 10. The fourth-order valence-electron chi connectivity index (χ4n) is 21.9. The van der Waals surface area contributed by atoms with Gasteiger partial charge in [0.2, 0.25) is 0 Å². The van der Waals surface area contributed by atoms with Crippen molar-refractivity contribution < 1.29 is 0 Å². The first-order chi connectivity index (χ1) is 33.8. The molecule has 0 saturated heterocycles. The molecule has 0 aromatic carbocycles. The van der Waals surface area contributed by atoms with Crippen LogP contribution in [-0.4, -0.2) is 0 Å². The van der Waals surface area contributed by atoms with Crippen molar-refractivity contribution in [3.05, 3.63) is 72.9 Å². The van der Waals surface area contributed by atoms with E-state index >= 15 is 0 Å². The monoisotopic (exact) mass is 951 g/mol. The van der Waals surface area contributed by atoms with Crippen LogP contribution in [0.15, 0.2) is 72.9 Å². The lowest BCUT2D eigenvalue weighted by molar-refractivity contribution is 0.219. The van der Waals surface area contributed by atoms with E-state index in [9.17, 15) is 0 Å². The first-order valence-electron chi connectivity index (χ1n) is 31.7. The second kappa shape index (κ2) is 22.3. The maximum Gasteiger partial charge on any atom is -0.0169 e. The van der Waals surface area contributed by atoms with Crippen LogP contribution in [0.1, 0.15) is 204 Å². The predicted octanol–water partition coefficient (Wildman–Crippen LogP) is 19.9. The van der Waals surface area contributed by atoms with E-state index in [1.54, 1.807) is 49.7 Å². The van der Waals surface area contributed by atoms with Crippen molar-refractivity contribution in [2.45, 2.75) is 204 Å². The van der Waals surface area contributed by atoms with E-state index < -0.39 is 0 Å². The van der Waals surface area contributed by atoms with Gasteiger partial charge < -0.3 is 0 Å². The largest absolute Gasteiger partial charge is 0.103 e. The topological polar surface area (TPSA) is 0 Å². The van der Waals surface area contributed by atoms with Crippen LogP contribution in [-0.2, 0) is 0 Å². The van der Waals surface area contributed by atoms with Gasteiger partial charge in [0.25, 0.3) is 0 Å². The zero-order chi connectivity index (χ0) is 49.0. The van der Waals surface area contributed by atoms with Gasteiger partial charge in [0, 0.05) is 0 Å². The van der Waals surface area contributed by atoms with Crippen molar-refractivity contribution in [1.82, 2.24) is 0 Å². The minimum atomic E-state index is 0.869. The van der Waals surface area contributed by atoms with Gasteiger partial charge in [0.05, 0.1) is 0 Å². The van der Waals surface area contributed by atoms with Crippen LogP contribution in [0.3, 0.4) is 0 Å². The standard InChI is InChI=1S/2C11H16.4C10H16.C8H14/c2*1-7-5-8-6-11(7)10-4-2-3-9(8)10;2*1-3-9-5-8-4-7(2)10(9)6-8;2*1-3-8-5-9-6-10(8)4-7(9)2;1-6-4-7-2-3-8(6)5-7/h2,4,7-11H,3,5-6H2,1H3;2-3,7-11H,4-6H2,1H3;3,7-8,10H,4-6H2,1-2H3;3,7-10H,1,4-6H2,2H3;3,7,9-10H,4-6H2,1-2H3;3,7-10H,1,4-6H2,2H3;6-8H,2-5H2,1H3/b;;9-3+;;8-3+;;. The SMILES string of the molecule is C/C=C1\CC2CC(C)C1C2.C/C=C1\CC2CC1CC2C.C=CC1CC2CC(C)C1C2.C=CC1CC2CC1CC2C.CC1CC2CC1C1C=CCC21.CC1CC2CC1C1CC=CC21.CC1CC2CCC1C2. The fraction of sp³-hybridized carbons (Fsp3) is 0.829. The third-order valence-corrected chi connectivity index (χ3v) is 25.6. The Balaban J connectivity index is 0.0000000947. The Morgan fingerprint density at radius 1 is 0.386 bits per heavy atom. The van der Waals surface area contributed by atoms with Crippen LogP contribution in [0.5, 0.6) is 0 Å². The summed E-state index contributed by atoms with van der Waals surface area (Å²) in [4.78, 5) is 0. The molecule has 27 unspecified atom stereocenters. The number of fused-ring (bicyclic) bond motifs is 20. The highest BCUT2D eigenvalue weighted by Crippen LogP contribution is 2.60. The van der Waals surface area contributed by atoms with Gasteiger partial charge in [-0.1, -0.05) is 115 Å². The molecule has 390 valence electrons. The minimum Gasteiger partial charge on any atom is -0.103 e. The fourth-order valence-corrected chi connectivity index (χ4v) is 21.9. The zero-order valence-electron chi connectivity index (χ0n) is 47.2. The quantitative estimate of drug-likeness (QED) is 0.242. The van der Waals surface area contributed by atoms with Crippen molar-refractivity contribution in [3.63, 3.8) is 0 Å². The Labute approximate surface area is 434 Å². The molecule has 16 rings (SSSR count). The van der Waals surface area contributed by atoms with Gasteiger partial charge in [-0.3, -0.25) is 0 Å². The number of hydrogen-bond acceptors (Lipinski definition) is 0. The van der Waals surface area contributed by atoms with Gasteiger partial charge in [-0.05, 0) is 308 Å². The summed E-state index contributed by atoms with van der Waals surface area (Å²) in [5.74, 6) is 27.9. The third-order valence-electron chi connectivity index (χ3n) is 25.6. The van der Waals surface area contributed by atoms with Crippen LogP contribution in [0.25, 0.3) is 0 Å². The average Bonchev–Trinajstić information content (AvgIpc) is 4.16. The Kier molecular flexibility index (Phi) is 16.6. The molecule has 0 heteroatoms. The van der Waals surface area contributed by atoms with E-state index in [1.165, 1.54) is 103 Å². The summed E-state index contributed by atoms with van der Waals surface area (Å²) < 4.78 is 0. The number of hydrogen-bond donors (Lipinski definition) is 0. The molecule has 0 heterocycles. The van der Waals surface area contributed by atoms with Crippen molar-refractivity contribution in [2.24, 2.45) is 160 Å². The molecular formula is C70H110. The Morgan fingerprint density at radius 2 is 1.03 bits per heavy atom. The summed E-state index contributed by atoms with van der Waals surface area (Å²) in [7, 11) is 0. The van der Waals surface area contributed by atoms with Crippen LogP contribution >= 0.6 is 0 Å². The molecule has 0 radical (unpaired) electrons. The van der Waals surface area contributed by atoms with Crippen LogP contribution < -0.4 is 0 Å². The predicted molar refractivity (Wildman–Crippen MR) is 302 cm³/mol. The summed E-state index contributed by atoms with van der Waals surface area (Å²) in [6.07, 6.45) is 51.8. The number of rotatable bonds is 2. The first-order valence-corrected chi connectivity index (χ1v) is 31.7. The molecule has 0 N–H and O–H groups in total. The molecule has 14 saturated carbocycles. The molecule has 0 aromatic heterocycles. The molecule has 0 spiro atoms. The third kappa shape index (κ3) is 10.7. The van der Waals surface area contributed by atoms with E-state index in [-0.39, 0.29) is 0 Å². The van der Waals surface area contributed by atoms with E-state index in [0.717, 1.165) is 160 Å². The van der Waals surface area contributed by atoms with Gasteiger partial charge in [0.1, 0.15) is 0 Å². The molecule has 16 aliphatic carbocycles. The Hall–Kier alpha value is -1.56. The summed E-state index contributed by atoms with van der Waals surface area (Å²) in [6.45, 7) is 29.1. The van der Waals surface area contributed by atoms with Crippen LogP contribution in [0.2, 0.25) is 0 Å². The highest BCUT2D eigenvalue weighted by atomic mass is 14.6. The maximum atomic E-state index is 3.90. The van der Waals surface area contributed by atoms with Crippen molar-refractivity contribution in [2.75, 3.05) is 0 Å². The molecule has 70 heavy (non-hydrogen) atoms. The lowest BCUT2D eigenvalue weighted by atomic mass is 9.76. The zero-order valence-corrected chi connectivity index (χ0v) is 47.2. The Morgan fingerprint density at radius 3 is 1.56 bits per heavy atom. The molecular weight excluding hydrogens is 841 g/mol. The second-order valence-corrected chi connectivity index (χ2v) is 29.4. The van der Waals surface area contributed by atoms with Crippen LogP contribution in [0.4, 0.5) is 0 Å². The molecule has 27 atom stereocenters. The molecule has 0 aromatic rings. The van der Waals surface area contributed by atoms with Crippen LogP contribution in [0, 0.1) is 160 Å². The molecule has 0 amide bonds. The van der Waals surface area contributed by atoms with Gasteiger partial charge in [-0.25, -0.2) is 0 Å². The normalized spacial score (nSPS) is 53.3. The van der Waals surface area contributed by atoms with Gasteiger partial charge in [0.15, 0.2) is 0 Å². The summed E-state index contributed by atoms with van der Waals surface area (Å²) in [6, 6.07) is 0. The average molecular weight is 952 g/mol. The highest BCUT2D eigenvalue weighted by molar-refractivity contribution is 5.19. The van der Waals surface area contributed by atoms with Gasteiger partial charge in [-0.15, -0.1) is 13.2 Å². The molecule has 14 fully saturated rings. The van der Waals surface area contributed by atoms with Crippen molar-refractivity contribution >= 4 is 0 Å². The van der Waals surface area contributed by atoms with E-state index in [4.69, 9.17) is 0 Å². The molecule has 0 nitrogen and oxygen atoms in total. The second-order valence-electron chi connectivity index (χ2n) is 29.4. The van der Waals surface area contributed by atoms with Gasteiger partial charge in [-0.2, -0.15) is 0 Å². The van der Waals surface area contributed by atoms with E-state index in [0.29, 0.717) is 0 Å². The Bertz CT molecular complexity index is 1880. The summed E-state index contributed by atoms with van der Waals surface area (Å²) in [5.41, 5.74) is 3.51.